The van der Waals surface area contributed by atoms with Crippen LogP contribution in [0.2, 0.25) is 0 Å². The number of amides is 1. The highest BCUT2D eigenvalue weighted by atomic mass is 16.3. The molecule has 1 amide bonds. The molecule has 1 aromatic heterocycles. The molecule has 1 aromatic rings. The molecule has 1 aliphatic rings. The summed E-state index contributed by atoms with van der Waals surface area (Å²) in [7, 11) is 0. The number of nitrogens with one attached hydrogen (secondary N) is 2. The van der Waals surface area contributed by atoms with Crippen LogP contribution in [0.1, 0.15) is 49.1 Å². The predicted molar refractivity (Wildman–Crippen MR) is 78.8 cm³/mol. The third kappa shape index (κ3) is 4.08. The molecule has 0 radical (unpaired) electrons. The summed E-state index contributed by atoms with van der Waals surface area (Å²) in [6.45, 7) is 4.40. The minimum Gasteiger partial charge on any atom is -0.393 e. The summed E-state index contributed by atoms with van der Waals surface area (Å²) in [5.41, 5.74) is 0.744. The Kier molecular flexibility index (Phi) is 5.61. The molecule has 0 aromatic carbocycles. The SMILES string of the molecule is CC(O)CCCNC(=O)c1cccn1C1CCNCC1. The molecule has 20 heavy (non-hydrogen) atoms. The highest BCUT2D eigenvalue weighted by molar-refractivity contribution is 5.92. The van der Waals surface area contributed by atoms with E-state index < -0.39 is 0 Å². The lowest BCUT2D eigenvalue weighted by atomic mass is 10.1. The fraction of sp³-hybridized carbons (Fsp3) is 0.667. The van der Waals surface area contributed by atoms with Crippen LogP contribution < -0.4 is 10.6 Å². The molecule has 1 unspecified atom stereocenters. The van der Waals surface area contributed by atoms with Crippen LogP contribution in [0.5, 0.6) is 0 Å². The molecule has 0 saturated carbocycles. The second kappa shape index (κ2) is 7.45. The summed E-state index contributed by atoms with van der Waals surface area (Å²) in [5.74, 6) is -0.0147. The first kappa shape index (κ1) is 15.1. The molecule has 112 valence electrons. The van der Waals surface area contributed by atoms with Gasteiger partial charge in [-0.05, 0) is 57.8 Å². The number of aromatic nitrogens is 1. The van der Waals surface area contributed by atoms with Crippen molar-refractivity contribution in [1.29, 1.82) is 0 Å². The molecule has 5 nitrogen and oxygen atoms in total. The molecule has 2 heterocycles. The number of nitrogens with zero attached hydrogens (tertiary/aromatic N) is 1. The van der Waals surface area contributed by atoms with Crippen molar-refractivity contribution < 1.29 is 9.90 Å². The highest BCUT2D eigenvalue weighted by Crippen LogP contribution is 2.21. The molecule has 1 fully saturated rings. The fourth-order valence-electron chi connectivity index (χ4n) is 2.68. The van der Waals surface area contributed by atoms with Gasteiger partial charge in [-0.3, -0.25) is 4.79 Å². The number of carbonyl (C=O) groups is 1. The molecule has 0 aliphatic carbocycles. The topological polar surface area (TPSA) is 66.3 Å². The van der Waals surface area contributed by atoms with Crippen LogP contribution in [0.25, 0.3) is 0 Å². The zero-order valence-corrected chi connectivity index (χ0v) is 12.1. The van der Waals surface area contributed by atoms with Crippen molar-refractivity contribution in [3.8, 4) is 0 Å². The lowest BCUT2D eigenvalue weighted by Gasteiger charge is -2.25. The third-order valence-corrected chi connectivity index (χ3v) is 3.80. The van der Waals surface area contributed by atoms with E-state index in [1.807, 2.05) is 18.3 Å². The van der Waals surface area contributed by atoms with Gasteiger partial charge in [0.1, 0.15) is 5.69 Å². The van der Waals surface area contributed by atoms with E-state index in [-0.39, 0.29) is 12.0 Å². The molecule has 1 atom stereocenters. The van der Waals surface area contributed by atoms with E-state index in [1.165, 1.54) is 0 Å². The van der Waals surface area contributed by atoms with Crippen LogP contribution >= 0.6 is 0 Å². The summed E-state index contributed by atoms with van der Waals surface area (Å²) in [6, 6.07) is 4.24. The molecule has 1 saturated heterocycles. The number of rotatable bonds is 6. The van der Waals surface area contributed by atoms with Crippen molar-refractivity contribution >= 4 is 5.91 Å². The summed E-state index contributed by atoms with van der Waals surface area (Å²) < 4.78 is 2.10. The fourth-order valence-corrected chi connectivity index (χ4v) is 2.68. The maximum atomic E-state index is 12.2. The number of aliphatic hydroxyl groups excluding tert-OH is 1. The standard InChI is InChI=1S/C15H25N3O2/c1-12(19)4-2-8-17-15(20)14-5-3-11-18(14)13-6-9-16-10-7-13/h3,5,11-13,16,19H,2,4,6-10H2,1H3,(H,17,20). The minimum atomic E-state index is -0.300. The van der Waals surface area contributed by atoms with Gasteiger partial charge in [0, 0.05) is 18.8 Å². The Bertz CT molecular complexity index is 423. The van der Waals surface area contributed by atoms with Crippen LogP contribution in [-0.2, 0) is 0 Å². The van der Waals surface area contributed by atoms with Gasteiger partial charge in [0.25, 0.3) is 5.91 Å². The second-order valence-electron chi connectivity index (χ2n) is 5.53. The van der Waals surface area contributed by atoms with Gasteiger partial charge in [-0.15, -0.1) is 0 Å². The number of carbonyl (C=O) groups excluding carboxylic acids is 1. The van der Waals surface area contributed by atoms with Gasteiger partial charge in [-0.1, -0.05) is 0 Å². The van der Waals surface area contributed by atoms with Crippen molar-refractivity contribution in [1.82, 2.24) is 15.2 Å². The zero-order valence-electron chi connectivity index (χ0n) is 12.1. The normalized spacial score (nSPS) is 17.9. The van der Waals surface area contributed by atoms with Crippen LogP contribution in [0, 0.1) is 0 Å². The zero-order chi connectivity index (χ0) is 14.4. The van der Waals surface area contributed by atoms with E-state index >= 15 is 0 Å². The predicted octanol–water partition coefficient (Wildman–Crippen LogP) is 1.30. The lowest BCUT2D eigenvalue weighted by Crippen LogP contribution is -2.32. The maximum absolute atomic E-state index is 12.2. The number of piperidine rings is 1. The van der Waals surface area contributed by atoms with Crippen molar-refractivity contribution in [3.63, 3.8) is 0 Å². The van der Waals surface area contributed by atoms with E-state index in [0.29, 0.717) is 12.6 Å². The Morgan fingerprint density at radius 2 is 2.30 bits per heavy atom. The molecule has 0 bridgehead atoms. The van der Waals surface area contributed by atoms with Gasteiger partial charge in [0.2, 0.25) is 0 Å². The van der Waals surface area contributed by atoms with Crippen molar-refractivity contribution in [2.75, 3.05) is 19.6 Å². The van der Waals surface area contributed by atoms with Crippen LogP contribution in [0.3, 0.4) is 0 Å². The summed E-state index contributed by atoms with van der Waals surface area (Å²) in [4.78, 5) is 12.2. The van der Waals surface area contributed by atoms with E-state index in [1.54, 1.807) is 6.92 Å². The van der Waals surface area contributed by atoms with Gasteiger partial charge in [-0.25, -0.2) is 0 Å². The van der Waals surface area contributed by atoms with Crippen molar-refractivity contribution in [2.45, 2.75) is 44.8 Å². The van der Waals surface area contributed by atoms with Crippen molar-refractivity contribution in [2.24, 2.45) is 0 Å². The highest BCUT2D eigenvalue weighted by Gasteiger charge is 2.19. The van der Waals surface area contributed by atoms with Crippen LogP contribution in [0.4, 0.5) is 0 Å². The third-order valence-electron chi connectivity index (χ3n) is 3.80. The molecular formula is C15H25N3O2. The van der Waals surface area contributed by atoms with E-state index in [9.17, 15) is 9.90 Å². The first-order chi connectivity index (χ1) is 9.68. The minimum absolute atomic E-state index is 0.0147. The lowest BCUT2D eigenvalue weighted by molar-refractivity contribution is 0.0937. The van der Waals surface area contributed by atoms with Gasteiger partial charge in [-0.2, -0.15) is 0 Å². The second-order valence-corrected chi connectivity index (χ2v) is 5.53. The molecule has 0 spiro atoms. The summed E-state index contributed by atoms with van der Waals surface area (Å²) in [6.07, 6.45) is 5.35. The molecule has 2 rings (SSSR count). The molecule has 1 aliphatic heterocycles. The first-order valence-corrected chi connectivity index (χ1v) is 7.52. The first-order valence-electron chi connectivity index (χ1n) is 7.52. The van der Waals surface area contributed by atoms with Crippen LogP contribution in [-0.4, -0.2) is 41.3 Å². The Morgan fingerprint density at radius 1 is 1.55 bits per heavy atom. The van der Waals surface area contributed by atoms with Crippen molar-refractivity contribution in [3.05, 3.63) is 24.0 Å². The smallest absolute Gasteiger partial charge is 0.267 e. The average Bonchev–Trinajstić information content (AvgIpc) is 2.93. The maximum Gasteiger partial charge on any atom is 0.267 e. The number of aliphatic hydroxyl groups is 1. The summed E-state index contributed by atoms with van der Waals surface area (Å²) in [5, 5.41) is 15.5. The van der Waals surface area contributed by atoms with E-state index in [2.05, 4.69) is 15.2 Å². The average molecular weight is 279 g/mol. The van der Waals surface area contributed by atoms with Gasteiger partial charge in [0.05, 0.1) is 6.10 Å². The molecular weight excluding hydrogens is 254 g/mol. The van der Waals surface area contributed by atoms with Crippen LogP contribution in [0.15, 0.2) is 18.3 Å². The van der Waals surface area contributed by atoms with E-state index in [4.69, 9.17) is 0 Å². The Hall–Kier alpha value is -1.33. The quantitative estimate of drug-likeness (QED) is 0.688. The largest absolute Gasteiger partial charge is 0.393 e. The Balaban J connectivity index is 1.88. The van der Waals surface area contributed by atoms with Gasteiger partial charge < -0.3 is 20.3 Å². The number of hydrogen-bond acceptors (Lipinski definition) is 3. The molecule has 5 heteroatoms. The molecule has 3 N–H and O–H groups in total. The van der Waals surface area contributed by atoms with Gasteiger partial charge >= 0.3 is 0 Å². The summed E-state index contributed by atoms with van der Waals surface area (Å²) >= 11 is 0. The Labute approximate surface area is 120 Å². The monoisotopic (exact) mass is 279 g/mol. The number of hydrogen-bond donors (Lipinski definition) is 3. The van der Waals surface area contributed by atoms with E-state index in [0.717, 1.165) is 44.5 Å². The van der Waals surface area contributed by atoms with Gasteiger partial charge in [0.15, 0.2) is 0 Å². The Morgan fingerprint density at radius 3 is 3.00 bits per heavy atom.